The minimum absolute atomic E-state index is 0.299. The molecule has 1 N–H and O–H groups in total. The highest BCUT2D eigenvalue weighted by atomic mass is 35.5. The molecule has 0 aliphatic carbocycles. The van der Waals surface area contributed by atoms with Crippen molar-refractivity contribution in [2.24, 2.45) is 0 Å². The molecule has 1 heterocycles. The first kappa shape index (κ1) is 24.5. The van der Waals surface area contributed by atoms with Crippen LogP contribution in [0.1, 0.15) is 56.4 Å². The van der Waals surface area contributed by atoms with Gasteiger partial charge in [0.05, 0.1) is 15.7 Å². The number of halogens is 2. The fourth-order valence-electron chi connectivity index (χ4n) is 4.22. The maximum absolute atomic E-state index is 6.98. The third-order valence-electron chi connectivity index (χ3n) is 5.79. The van der Waals surface area contributed by atoms with Gasteiger partial charge in [0.1, 0.15) is 0 Å². The summed E-state index contributed by atoms with van der Waals surface area (Å²) in [6.45, 7) is 7.19. The van der Waals surface area contributed by atoms with Gasteiger partial charge in [-0.3, -0.25) is 4.98 Å². The van der Waals surface area contributed by atoms with Gasteiger partial charge in [0.2, 0.25) is 0 Å². The SMILES string of the molecule is C/C=C\C(CCC)c1cccc(-c2cccc(-c3ccc(CNC)c(CC)n3)c2Cl)c1Cl. The van der Waals surface area contributed by atoms with Crippen LogP contribution >= 0.6 is 23.2 Å². The van der Waals surface area contributed by atoms with Gasteiger partial charge >= 0.3 is 0 Å². The fraction of sp³-hybridized carbons (Fsp3) is 0.321. The highest BCUT2D eigenvalue weighted by Gasteiger charge is 2.18. The summed E-state index contributed by atoms with van der Waals surface area (Å²) in [7, 11) is 1.95. The normalized spacial score (nSPS) is 12.4. The lowest BCUT2D eigenvalue weighted by atomic mass is 9.90. The van der Waals surface area contributed by atoms with Crippen LogP contribution in [0.5, 0.6) is 0 Å². The molecule has 0 saturated carbocycles. The van der Waals surface area contributed by atoms with E-state index in [2.05, 4.69) is 68.6 Å². The predicted molar refractivity (Wildman–Crippen MR) is 140 cm³/mol. The quantitative estimate of drug-likeness (QED) is 0.319. The molecule has 3 rings (SSSR count). The average molecular weight is 467 g/mol. The van der Waals surface area contributed by atoms with Crippen LogP contribution in [0.25, 0.3) is 22.4 Å². The Morgan fingerprint density at radius 3 is 2.28 bits per heavy atom. The molecule has 1 aromatic heterocycles. The molecule has 0 spiro atoms. The first-order valence-electron chi connectivity index (χ1n) is 11.4. The third kappa shape index (κ3) is 5.26. The van der Waals surface area contributed by atoms with Crippen LogP contribution < -0.4 is 5.32 Å². The number of pyridine rings is 1. The Balaban J connectivity index is 2.09. The zero-order valence-electron chi connectivity index (χ0n) is 19.4. The van der Waals surface area contributed by atoms with Gasteiger partial charge in [-0.05, 0) is 44.0 Å². The molecule has 168 valence electrons. The Morgan fingerprint density at radius 2 is 1.62 bits per heavy atom. The number of allylic oxidation sites excluding steroid dienone is 2. The second kappa shape index (κ2) is 11.7. The van der Waals surface area contributed by atoms with E-state index < -0.39 is 0 Å². The fourth-order valence-corrected chi connectivity index (χ4v) is 4.91. The number of nitrogens with zero attached hydrogens (tertiary/aromatic N) is 1. The second-order valence-electron chi connectivity index (χ2n) is 7.98. The number of aryl methyl sites for hydroxylation is 1. The summed E-state index contributed by atoms with van der Waals surface area (Å²) in [6.07, 6.45) is 7.37. The summed E-state index contributed by atoms with van der Waals surface area (Å²) in [6, 6.07) is 16.5. The second-order valence-corrected chi connectivity index (χ2v) is 8.74. The van der Waals surface area contributed by atoms with Crippen molar-refractivity contribution in [1.29, 1.82) is 0 Å². The zero-order valence-corrected chi connectivity index (χ0v) is 20.9. The summed E-state index contributed by atoms with van der Waals surface area (Å²) in [4.78, 5) is 4.93. The van der Waals surface area contributed by atoms with Crippen LogP contribution in [0.2, 0.25) is 10.0 Å². The molecular formula is C28H32Cl2N2. The van der Waals surface area contributed by atoms with Crippen molar-refractivity contribution in [3.63, 3.8) is 0 Å². The van der Waals surface area contributed by atoms with Crippen molar-refractivity contribution in [1.82, 2.24) is 10.3 Å². The molecule has 4 heteroatoms. The molecule has 0 amide bonds. The Hall–Kier alpha value is -2.13. The molecule has 0 aliphatic rings. The Morgan fingerprint density at radius 1 is 0.938 bits per heavy atom. The van der Waals surface area contributed by atoms with E-state index in [-0.39, 0.29) is 0 Å². The Kier molecular flexibility index (Phi) is 8.92. The van der Waals surface area contributed by atoms with Gasteiger partial charge in [0.15, 0.2) is 0 Å². The van der Waals surface area contributed by atoms with Crippen LogP contribution in [-0.4, -0.2) is 12.0 Å². The van der Waals surface area contributed by atoms with Crippen LogP contribution in [0.3, 0.4) is 0 Å². The highest BCUT2D eigenvalue weighted by molar-refractivity contribution is 6.38. The van der Waals surface area contributed by atoms with Gasteiger partial charge in [0.25, 0.3) is 0 Å². The van der Waals surface area contributed by atoms with Crippen LogP contribution in [-0.2, 0) is 13.0 Å². The first-order valence-corrected chi connectivity index (χ1v) is 12.1. The third-order valence-corrected chi connectivity index (χ3v) is 6.62. The maximum atomic E-state index is 6.98. The molecule has 3 aromatic rings. The smallest absolute Gasteiger partial charge is 0.0720 e. The van der Waals surface area contributed by atoms with E-state index in [1.54, 1.807) is 0 Å². The van der Waals surface area contributed by atoms with E-state index in [1.807, 2.05) is 25.2 Å². The molecule has 1 unspecified atom stereocenters. The number of aromatic nitrogens is 1. The minimum atomic E-state index is 0.299. The number of rotatable bonds is 9. The van der Waals surface area contributed by atoms with Crippen molar-refractivity contribution in [2.75, 3.05) is 7.05 Å². The molecule has 2 aromatic carbocycles. The average Bonchev–Trinajstić information content (AvgIpc) is 2.80. The Bertz CT molecular complexity index is 1090. The van der Waals surface area contributed by atoms with Crippen LogP contribution in [0, 0.1) is 0 Å². The lowest BCUT2D eigenvalue weighted by Gasteiger charge is -2.18. The van der Waals surface area contributed by atoms with Crippen molar-refractivity contribution < 1.29 is 0 Å². The topological polar surface area (TPSA) is 24.9 Å². The molecule has 32 heavy (non-hydrogen) atoms. The molecule has 0 saturated heterocycles. The number of hydrogen-bond acceptors (Lipinski definition) is 2. The summed E-state index contributed by atoms with van der Waals surface area (Å²) in [5.74, 6) is 0.299. The van der Waals surface area contributed by atoms with Crippen molar-refractivity contribution in [3.05, 3.63) is 87.5 Å². The zero-order chi connectivity index (χ0) is 23.1. The monoisotopic (exact) mass is 466 g/mol. The number of nitrogens with one attached hydrogen (secondary N) is 1. The summed E-state index contributed by atoms with van der Waals surface area (Å²) in [5.41, 5.74) is 7.16. The largest absolute Gasteiger partial charge is 0.316 e. The van der Waals surface area contributed by atoms with E-state index in [9.17, 15) is 0 Å². The van der Waals surface area contributed by atoms with E-state index in [0.717, 1.165) is 64.5 Å². The predicted octanol–water partition coefficient (Wildman–Crippen LogP) is 8.46. The van der Waals surface area contributed by atoms with E-state index in [4.69, 9.17) is 28.2 Å². The summed E-state index contributed by atoms with van der Waals surface area (Å²) < 4.78 is 0. The van der Waals surface area contributed by atoms with Crippen molar-refractivity contribution in [3.8, 4) is 22.4 Å². The van der Waals surface area contributed by atoms with E-state index >= 15 is 0 Å². The summed E-state index contributed by atoms with van der Waals surface area (Å²) in [5, 5.41) is 4.67. The van der Waals surface area contributed by atoms with Crippen LogP contribution in [0.15, 0.2) is 60.7 Å². The first-order chi connectivity index (χ1) is 15.5. The van der Waals surface area contributed by atoms with Gasteiger partial charge in [0, 0.05) is 34.8 Å². The standard InChI is InChI=1S/C28H32Cl2N2/c1-5-10-19(11-6-2)21-12-8-13-22(27(21)29)23-14-9-15-24(28(23)30)26-17-16-20(18-31-4)25(7-3)32-26/h5,8-10,12-17,19,31H,6-7,11,18H2,1-4H3/b10-5-. The Labute approximate surface area is 202 Å². The van der Waals surface area contributed by atoms with E-state index in [0.29, 0.717) is 10.9 Å². The van der Waals surface area contributed by atoms with Gasteiger partial charge in [-0.2, -0.15) is 0 Å². The molecular weight excluding hydrogens is 435 g/mol. The maximum Gasteiger partial charge on any atom is 0.0720 e. The van der Waals surface area contributed by atoms with Crippen LogP contribution in [0.4, 0.5) is 0 Å². The van der Waals surface area contributed by atoms with Gasteiger partial charge < -0.3 is 5.32 Å². The molecule has 0 bridgehead atoms. The van der Waals surface area contributed by atoms with E-state index in [1.165, 1.54) is 5.56 Å². The number of benzene rings is 2. The molecule has 0 aliphatic heterocycles. The number of hydrogen-bond donors (Lipinski definition) is 1. The van der Waals surface area contributed by atoms with Gasteiger partial charge in [-0.1, -0.05) is 98.1 Å². The van der Waals surface area contributed by atoms with Gasteiger partial charge in [-0.25, -0.2) is 0 Å². The lowest BCUT2D eigenvalue weighted by Crippen LogP contribution is -2.09. The molecule has 0 fully saturated rings. The van der Waals surface area contributed by atoms with Crippen molar-refractivity contribution >= 4 is 23.2 Å². The summed E-state index contributed by atoms with van der Waals surface area (Å²) >= 11 is 13.9. The molecule has 2 nitrogen and oxygen atoms in total. The molecule has 0 radical (unpaired) electrons. The minimum Gasteiger partial charge on any atom is -0.316 e. The van der Waals surface area contributed by atoms with Crippen molar-refractivity contribution in [2.45, 2.75) is 52.5 Å². The molecule has 1 atom stereocenters. The van der Waals surface area contributed by atoms with Gasteiger partial charge in [-0.15, -0.1) is 0 Å². The lowest BCUT2D eigenvalue weighted by molar-refractivity contribution is 0.717. The highest BCUT2D eigenvalue weighted by Crippen LogP contribution is 2.42.